The fraction of sp³-hybridized carbons (Fsp3) is 0.261. The predicted octanol–water partition coefficient (Wildman–Crippen LogP) is 5.38. The van der Waals surface area contributed by atoms with Crippen molar-refractivity contribution in [2.45, 2.75) is 33.0 Å². The van der Waals surface area contributed by atoms with Crippen LogP contribution in [0.15, 0.2) is 60.7 Å². The average molecular weight is 364 g/mol. The molecular formula is C23H24O4. The maximum atomic E-state index is 12.8. The summed E-state index contributed by atoms with van der Waals surface area (Å²) in [7, 11) is 1.61. The number of fused-ring (bicyclic) bond motifs is 1. The second-order valence-corrected chi connectivity index (χ2v) is 7.31. The van der Waals surface area contributed by atoms with Gasteiger partial charge in [-0.3, -0.25) is 0 Å². The molecule has 0 amide bonds. The van der Waals surface area contributed by atoms with Crippen LogP contribution in [-0.4, -0.2) is 18.7 Å². The van der Waals surface area contributed by atoms with Gasteiger partial charge in [0.15, 0.2) is 0 Å². The summed E-state index contributed by atoms with van der Waals surface area (Å²) in [5, 5.41) is 1.78. The normalized spacial score (nSPS) is 11.3. The van der Waals surface area contributed by atoms with E-state index in [0.717, 1.165) is 16.3 Å². The third-order valence-corrected chi connectivity index (χ3v) is 4.02. The number of esters is 1. The summed E-state index contributed by atoms with van der Waals surface area (Å²) in [6, 6.07) is 19.2. The van der Waals surface area contributed by atoms with Gasteiger partial charge in [-0.25, -0.2) is 4.79 Å². The van der Waals surface area contributed by atoms with Crippen LogP contribution in [0.1, 0.15) is 36.7 Å². The van der Waals surface area contributed by atoms with Gasteiger partial charge in [-0.15, -0.1) is 0 Å². The van der Waals surface area contributed by atoms with Crippen molar-refractivity contribution in [1.82, 2.24) is 0 Å². The molecule has 4 heteroatoms. The largest absolute Gasteiger partial charge is 0.497 e. The zero-order valence-electron chi connectivity index (χ0n) is 16.1. The molecule has 3 rings (SSSR count). The highest BCUT2D eigenvalue weighted by atomic mass is 16.6. The Morgan fingerprint density at radius 1 is 0.963 bits per heavy atom. The Morgan fingerprint density at radius 2 is 1.67 bits per heavy atom. The number of benzene rings is 3. The first kappa shape index (κ1) is 18.8. The van der Waals surface area contributed by atoms with E-state index in [0.29, 0.717) is 23.7 Å². The van der Waals surface area contributed by atoms with Crippen molar-refractivity contribution < 1.29 is 19.0 Å². The molecule has 0 fully saturated rings. The van der Waals surface area contributed by atoms with Gasteiger partial charge in [-0.2, -0.15) is 0 Å². The highest BCUT2D eigenvalue weighted by Gasteiger charge is 2.23. The fourth-order valence-electron chi connectivity index (χ4n) is 2.78. The topological polar surface area (TPSA) is 44.8 Å². The van der Waals surface area contributed by atoms with Crippen molar-refractivity contribution in [3.8, 4) is 11.5 Å². The van der Waals surface area contributed by atoms with Crippen LogP contribution in [0.4, 0.5) is 0 Å². The maximum Gasteiger partial charge on any atom is 0.342 e. The Balaban J connectivity index is 2.06. The van der Waals surface area contributed by atoms with Crippen LogP contribution in [0.3, 0.4) is 0 Å². The van der Waals surface area contributed by atoms with Crippen molar-refractivity contribution in [1.29, 1.82) is 0 Å². The van der Waals surface area contributed by atoms with Crippen LogP contribution in [-0.2, 0) is 11.3 Å². The van der Waals surface area contributed by atoms with Crippen molar-refractivity contribution in [3.63, 3.8) is 0 Å². The lowest BCUT2D eigenvalue weighted by molar-refractivity contribution is 0.00658. The Labute approximate surface area is 159 Å². The third kappa shape index (κ3) is 4.59. The van der Waals surface area contributed by atoms with Crippen molar-refractivity contribution >= 4 is 16.7 Å². The molecule has 140 valence electrons. The summed E-state index contributed by atoms with van der Waals surface area (Å²) in [6.07, 6.45) is 0. The molecule has 0 aliphatic heterocycles. The van der Waals surface area contributed by atoms with E-state index in [2.05, 4.69) is 0 Å². The third-order valence-electron chi connectivity index (χ3n) is 4.02. The highest BCUT2D eigenvalue weighted by molar-refractivity contribution is 6.02. The summed E-state index contributed by atoms with van der Waals surface area (Å²) in [6.45, 7) is 5.89. The molecular weight excluding hydrogens is 340 g/mol. The van der Waals surface area contributed by atoms with Gasteiger partial charge in [-0.1, -0.05) is 42.5 Å². The van der Waals surface area contributed by atoms with Gasteiger partial charge in [-0.05, 0) is 49.9 Å². The molecule has 0 heterocycles. The minimum atomic E-state index is -0.586. The zero-order valence-corrected chi connectivity index (χ0v) is 16.1. The number of carbonyl (C=O) groups is 1. The molecule has 0 saturated carbocycles. The molecule has 27 heavy (non-hydrogen) atoms. The van der Waals surface area contributed by atoms with Gasteiger partial charge in [0.2, 0.25) is 0 Å². The van der Waals surface area contributed by atoms with Crippen LogP contribution in [0.2, 0.25) is 0 Å². The van der Waals surface area contributed by atoms with E-state index in [1.54, 1.807) is 13.2 Å². The lowest BCUT2D eigenvalue weighted by atomic mass is 10.0. The van der Waals surface area contributed by atoms with E-state index < -0.39 is 11.6 Å². The second kappa shape index (κ2) is 7.70. The monoisotopic (exact) mass is 364 g/mol. The molecule has 3 aromatic rings. The van der Waals surface area contributed by atoms with E-state index in [9.17, 15) is 4.79 Å². The molecule has 0 N–H and O–H groups in total. The summed E-state index contributed by atoms with van der Waals surface area (Å²) in [4.78, 5) is 12.8. The first-order valence-electron chi connectivity index (χ1n) is 8.88. The molecule has 3 aromatic carbocycles. The van der Waals surface area contributed by atoms with Gasteiger partial charge >= 0.3 is 5.97 Å². The van der Waals surface area contributed by atoms with E-state index in [1.807, 2.05) is 75.4 Å². The molecule has 0 aliphatic carbocycles. The predicted molar refractivity (Wildman–Crippen MR) is 106 cm³/mol. The summed E-state index contributed by atoms with van der Waals surface area (Å²) >= 11 is 0. The maximum absolute atomic E-state index is 12.8. The highest BCUT2D eigenvalue weighted by Crippen LogP contribution is 2.34. The number of hydrogen-bond acceptors (Lipinski definition) is 4. The first-order chi connectivity index (χ1) is 12.9. The van der Waals surface area contributed by atoms with Crippen LogP contribution in [0.25, 0.3) is 10.8 Å². The molecule has 0 spiro atoms. The minimum absolute atomic E-state index is 0.354. The minimum Gasteiger partial charge on any atom is -0.497 e. The number of ether oxygens (including phenoxy) is 3. The van der Waals surface area contributed by atoms with Crippen LogP contribution in [0, 0.1) is 0 Å². The number of rotatable bonds is 5. The molecule has 0 atom stereocenters. The Kier molecular flexibility index (Phi) is 5.36. The number of carbonyl (C=O) groups excluding carboxylic acids is 1. The fourth-order valence-corrected chi connectivity index (χ4v) is 2.78. The van der Waals surface area contributed by atoms with Gasteiger partial charge in [0, 0.05) is 5.39 Å². The molecule has 0 aliphatic rings. The summed E-state index contributed by atoms with van der Waals surface area (Å²) in [5.41, 5.74) is 0.839. The first-order valence-corrected chi connectivity index (χ1v) is 8.88. The van der Waals surface area contributed by atoms with Crippen LogP contribution in [0.5, 0.6) is 11.5 Å². The van der Waals surface area contributed by atoms with E-state index in [4.69, 9.17) is 14.2 Å². The molecule has 0 aromatic heterocycles. The van der Waals surface area contributed by atoms with Crippen molar-refractivity contribution in [2.75, 3.05) is 7.11 Å². The molecule has 0 bridgehead atoms. The van der Waals surface area contributed by atoms with Crippen molar-refractivity contribution in [3.05, 3.63) is 71.8 Å². The lowest BCUT2D eigenvalue weighted by Gasteiger charge is -2.21. The summed E-state index contributed by atoms with van der Waals surface area (Å²) in [5.74, 6) is 0.799. The average Bonchev–Trinajstić information content (AvgIpc) is 2.64. The van der Waals surface area contributed by atoms with Crippen LogP contribution >= 0.6 is 0 Å². The molecule has 0 unspecified atom stereocenters. The van der Waals surface area contributed by atoms with Crippen LogP contribution < -0.4 is 9.47 Å². The Bertz CT molecular complexity index is 940. The van der Waals surface area contributed by atoms with Gasteiger partial charge < -0.3 is 14.2 Å². The van der Waals surface area contributed by atoms with E-state index >= 15 is 0 Å². The summed E-state index contributed by atoms with van der Waals surface area (Å²) < 4.78 is 17.0. The second-order valence-electron chi connectivity index (χ2n) is 7.31. The van der Waals surface area contributed by atoms with Crippen molar-refractivity contribution in [2.24, 2.45) is 0 Å². The smallest absolute Gasteiger partial charge is 0.342 e. The number of methoxy groups -OCH3 is 1. The lowest BCUT2D eigenvalue weighted by Crippen LogP contribution is -2.24. The van der Waals surface area contributed by atoms with E-state index in [-0.39, 0.29) is 0 Å². The SMILES string of the molecule is COc1ccc2ccc(C(=O)OC(C)(C)C)c(OCc3ccccc3)c2c1. The van der Waals surface area contributed by atoms with E-state index in [1.165, 1.54) is 0 Å². The van der Waals surface area contributed by atoms with Gasteiger partial charge in [0.05, 0.1) is 7.11 Å². The molecule has 0 radical (unpaired) electrons. The Morgan fingerprint density at radius 3 is 2.33 bits per heavy atom. The molecule has 4 nitrogen and oxygen atoms in total. The number of hydrogen-bond donors (Lipinski definition) is 0. The quantitative estimate of drug-likeness (QED) is 0.570. The molecule has 0 saturated heterocycles. The Hall–Kier alpha value is -3.01. The van der Waals surface area contributed by atoms with Gasteiger partial charge in [0.1, 0.15) is 29.3 Å². The van der Waals surface area contributed by atoms with Gasteiger partial charge in [0.25, 0.3) is 0 Å². The zero-order chi connectivity index (χ0) is 19.4. The standard InChI is InChI=1S/C23H24O4/c1-23(2,3)27-22(24)19-13-11-17-10-12-18(25-4)14-20(17)21(19)26-15-16-8-6-5-7-9-16/h5-14H,15H2,1-4H3.